The highest BCUT2D eigenvalue weighted by Crippen LogP contribution is 2.40. The van der Waals surface area contributed by atoms with Gasteiger partial charge in [-0.2, -0.15) is 0 Å². The van der Waals surface area contributed by atoms with E-state index in [0.717, 1.165) is 23.1 Å². The molecule has 1 fully saturated rings. The molecule has 1 atom stereocenters. The number of imide groups is 1. The minimum absolute atomic E-state index is 0.122. The predicted molar refractivity (Wildman–Crippen MR) is 89.2 cm³/mol. The number of nitrogens with zero attached hydrogens (tertiary/aromatic N) is 1. The predicted octanol–water partition coefficient (Wildman–Crippen LogP) is 2.38. The van der Waals surface area contributed by atoms with E-state index >= 15 is 0 Å². The van der Waals surface area contributed by atoms with E-state index in [1.54, 1.807) is 24.3 Å². The van der Waals surface area contributed by atoms with Gasteiger partial charge in [-0.05, 0) is 24.3 Å². The zero-order valence-corrected chi connectivity index (χ0v) is 14.0. The molecule has 8 heteroatoms. The van der Waals surface area contributed by atoms with Crippen molar-refractivity contribution < 1.29 is 27.9 Å². The van der Waals surface area contributed by atoms with Gasteiger partial charge in [-0.25, -0.2) is 13.6 Å². The molecule has 2 aliphatic heterocycles. The van der Waals surface area contributed by atoms with Crippen molar-refractivity contribution in [2.24, 2.45) is 0 Å². The number of para-hydroxylation sites is 1. The van der Waals surface area contributed by atoms with Crippen molar-refractivity contribution in [2.45, 2.75) is 12.0 Å². The van der Waals surface area contributed by atoms with Gasteiger partial charge in [0, 0.05) is 17.5 Å². The van der Waals surface area contributed by atoms with Crippen molar-refractivity contribution in [2.75, 3.05) is 13.2 Å². The molecule has 0 aromatic heterocycles. The van der Waals surface area contributed by atoms with Crippen LogP contribution in [0.1, 0.15) is 22.3 Å². The number of ketones is 1. The summed E-state index contributed by atoms with van der Waals surface area (Å²) in [6.07, 6.45) is 0.227. The highest BCUT2D eigenvalue weighted by Gasteiger charge is 2.55. The van der Waals surface area contributed by atoms with Crippen LogP contribution in [-0.2, 0) is 10.3 Å². The van der Waals surface area contributed by atoms with Crippen molar-refractivity contribution in [1.82, 2.24) is 10.2 Å². The molecule has 0 aliphatic carbocycles. The number of carbonyl (C=O) groups excluding carboxylic acids is 3. The highest BCUT2D eigenvalue weighted by molar-refractivity contribution is 6.11. The Morgan fingerprint density at radius 2 is 1.93 bits per heavy atom. The maximum absolute atomic E-state index is 13.4. The molecular formula is C19H14F2N2O4. The molecule has 2 heterocycles. The molecule has 2 aliphatic rings. The SMILES string of the molecule is O=C(CN1C(=O)N[C@@]2(CCOc3ccccc32)C1=O)c1ccc(F)c(F)c1. The first-order valence-electron chi connectivity index (χ1n) is 8.27. The van der Waals surface area contributed by atoms with Gasteiger partial charge in [-0.1, -0.05) is 18.2 Å². The molecule has 0 bridgehead atoms. The monoisotopic (exact) mass is 372 g/mol. The number of amides is 3. The van der Waals surface area contributed by atoms with Crippen molar-refractivity contribution in [3.8, 4) is 5.75 Å². The van der Waals surface area contributed by atoms with E-state index in [-0.39, 0.29) is 18.6 Å². The molecule has 1 spiro atoms. The van der Waals surface area contributed by atoms with E-state index in [1.165, 1.54) is 0 Å². The van der Waals surface area contributed by atoms with Crippen LogP contribution in [0.3, 0.4) is 0 Å². The summed E-state index contributed by atoms with van der Waals surface area (Å²) in [5.74, 6) is -3.01. The normalized spacial score (nSPS) is 21.0. The zero-order chi connectivity index (χ0) is 19.2. The summed E-state index contributed by atoms with van der Waals surface area (Å²) in [6.45, 7) is -0.339. The highest BCUT2D eigenvalue weighted by atomic mass is 19.2. The molecule has 0 unspecified atom stereocenters. The van der Waals surface area contributed by atoms with Crippen LogP contribution in [0.5, 0.6) is 5.75 Å². The Hall–Kier alpha value is -3.29. The molecule has 4 rings (SSSR count). The second-order valence-electron chi connectivity index (χ2n) is 6.37. The Morgan fingerprint density at radius 1 is 1.15 bits per heavy atom. The largest absolute Gasteiger partial charge is 0.493 e. The van der Waals surface area contributed by atoms with Gasteiger partial charge in [0.1, 0.15) is 5.75 Å². The lowest BCUT2D eigenvalue weighted by atomic mass is 9.84. The lowest BCUT2D eigenvalue weighted by Gasteiger charge is -2.33. The molecule has 0 saturated carbocycles. The standard InChI is InChI=1S/C19H14F2N2O4/c20-13-6-5-11(9-14(13)21)15(24)10-23-17(25)19(22-18(23)26)7-8-27-16-4-2-1-3-12(16)19/h1-6,9H,7-8,10H2,(H,22,26)/t19-/m1/s1. The van der Waals surface area contributed by atoms with Crippen molar-refractivity contribution in [3.63, 3.8) is 0 Å². The van der Waals surface area contributed by atoms with Gasteiger partial charge in [-0.3, -0.25) is 14.5 Å². The van der Waals surface area contributed by atoms with E-state index in [2.05, 4.69) is 5.32 Å². The molecule has 138 valence electrons. The van der Waals surface area contributed by atoms with Gasteiger partial charge < -0.3 is 10.1 Å². The molecule has 3 amide bonds. The smallest absolute Gasteiger partial charge is 0.325 e. The molecule has 1 N–H and O–H groups in total. The molecule has 1 saturated heterocycles. The van der Waals surface area contributed by atoms with Crippen LogP contribution in [0.4, 0.5) is 13.6 Å². The molecule has 2 aromatic carbocycles. The fourth-order valence-corrected chi connectivity index (χ4v) is 3.42. The van der Waals surface area contributed by atoms with Crippen LogP contribution in [0.2, 0.25) is 0 Å². The first kappa shape index (κ1) is 17.1. The summed E-state index contributed by atoms with van der Waals surface area (Å²) in [5.41, 5.74) is -0.888. The topological polar surface area (TPSA) is 75.7 Å². The third-order valence-corrected chi connectivity index (χ3v) is 4.80. The summed E-state index contributed by atoms with van der Waals surface area (Å²) in [6, 6.07) is 8.83. The number of hydrogen-bond donors (Lipinski definition) is 1. The summed E-state index contributed by atoms with van der Waals surface area (Å²) < 4.78 is 31.9. The van der Waals surface area contributed by atoms with Gasteiger partial charge >= 0.3 is 6.03 Å². The number of hydrogen-bond acceptors (Lipinski definition) is 4. The van der Waals surface area contributed by atoms with Crippen LogP contribution < -0.4 is 10.1 Å². The zero-order valence-electron chi connectivity index (χ0n) is 14.0. The van der Waals surface area contributed by atoms with Crippen molar-refractivity contribution >= 4 is 17.7 Å². The van der Waals surface area contributed by atoms with E-state index in [0.29, 0.717) is 11.3 Å². The van der Waals surface area contributed by atoms with Gasteiger partial charge in [0.05, 0.1) is 13.2 Å². The second-order valence-corrected chi connectivity index (χ2v) is 6.37. The quantitative estimate of drug-likeness (QED) is 0.663. The molecule has 0 radical (unpaired) electrons. The van der Waals surface area contributed by atoms with E-state index in [4.69, 9.17) is 4.74 Å². The number of nitrogens with one attached hydrogen (secondary N) is 1. The minimum atomic E-state index is -1.29. The number of ether oxygens (including phenoxy) is 1. The van der Waals surface area contributed by atoms with Crippen LogP contribution in [-0.4, -0.2) is 35.8 Å². The summed E-state index contributed by atoms with van der Waals surface area (Å²) in [4.78, 5) is 38.6. The van der Waals surface area contributed by atoms with Gasteiger partial charge in [0.15, 0.2) is 23.0 Å². The lowest BCUT2D eigenvalue weighted by molar-refractivity contribution is -0.132. The number of fused-ring (bicyclic) bond motifs is 2. The van der Waals surface area contributed by atoms with Crippen LogP contribution in [0.15, 0.2) is 42.5 Å². The van der Waals surface area contributed by atoms with Crippen LogP contribution in [0, 0.1) is 11.6 Å². The number of Topliss-reactive ketones (excluding diaryl/α,β-unsaturated/α-hetero) is 1. The van der Waals surface area contributed by atoms with Gasteiger partial charge in [-0.15, -0.1) is 0 Å². The van der Waals surface area contributed by atoms with Crippen LogP contribution in [0.25, 0.3) is 0 Å². The third-order valence-electron chi connectivity index (χ3n) is 4.80. The average molecular weight is 372 g/mol. The van der Waals surface area contributed by atoms with Crippen molar-refractivity contribution in [3.05, 3.63) is 65.2 Å². The fourth-order valence-electron chi connectivity index (χ4n) is 3.42. The Labute approximate surface area is 152 Å². The third kappa shape index (κ3) is 2.64. The Morgan fingerprint density at radius 3 is 2.70 bits per heavy atom. The Balaban J connectivity index is 1.63. The number of halogens is 2. The molecule has 6 nitrogen and oxygen atoms in total. The number of urea groups is 1. The molecular weight excluding hydrogens is 358 g/mol. The van der Waals surface area contributed by atoms with E-state index in [9.17, 15) is 23.2 Å². The maximum Gasteiger partial charge on any atom is 0.325 e. The minimum Gasteiger partial charge on any atom is -0.493 e. The summed E-state index contributed by atoms with van der Waals surface area (Å²) in [7, 11) is 0. The first-order chi connectivity index (χ1) is 12.9. The van der Waals surface area contributed by atoms with Crippen LogP contribution >= 0.6 is 0 Å². The number of rotatable bonds is 3. The summed E-state index contributed by atoms with van der Waals surface area (Å²) in [5, 5.41) is 2.67. The maximum atomic E-state index is 13.4. The average Bonchev–Trinajstić information content (AvgIpc) is 2.89. The summed E-state index contributed by atoms with van der Waals surface area (Å²) >= 11 is 0. The Kier molecular flexibility index (Phi) is 3.91. The number of benzene rings is 2. The van der Waals surface area contributed by atoms with Gasteiger partial charge in [0.2, 0.25) is 0 Å². The van der Waals surface area contributed by atoms with E-state index in [1.807, 2.05) is 0 Å². The van der Waals surface area contributed by atoms with Gasteiger partial charge in [0.25, 0.3) is 5.91 Å². The fraction of sp³-hybridized carbons (Fsp3) is 0.211. The van der Waals surface area contributed by atoms with Crippen molar-refractivity contribution in [1.29, 1.82) is 0 Å². The Bertz CT molecular complexity index is 978. The number of carbonyl (C=O) groups is 3. The molecule has 2 aromatic rings. The van der Waals surface area contributed by atoms with E-state index < -0.39 is 41.4 Å². The second kappa shape index (κ2) is 6.15. The lowest BCUT2D eigenvalue weighted by Crippen LogP contribution is -2.47. The molecule has 27 heavy (non-hydrogen) atoms. The first-order valence-corrected chi connectivity index (χ1v) is 8.27.